The first kappa shape index (κ1) is 17.0. The summed E-state index contributed by atoms with van der Waals surface area (Å²) in [4.78, 5) is 0. The monoisotopic (exact) mass is 324 g/mol. The van der Waals surface area contributed by atoms with Crippen LogP contribution in [-0.2, 0) is 6.18 Å². The largest absolute Gasteiger partial charge is 0.492 e. The third-order valence-electron chi connectivity index (χ3n) is 3.15. The molecule has 3 nitrogen and oxygen atoms in total. The number of alkyl halides is 3. The van der Waals surface area contributed by atoms with Gasteiger partial charge in [-0.2, -0.15) is 13.2 Å². The Morgan fingerprint density at radius 3 is 2.43 bits per heavy atom. The van der Waals surface area contributed by atoms with Gasteiger partial charge in [-0.15, -0.1) is 0 Å². The van der Waals surface area contributed by atoms with Gasteiger partial charge in [-0.05, 0) is 37.3 Å². The van der Waals surface area contributed by atoms with Crippen LogP contribution in [0.2, 0.25) is 0 Å². The molecule has 2 aromatic carbocycles. The Morgan fingerprint density at radius 2 is 1.70 bits per heavy atom. The van der Waals surface area contributed by atoms with Gasteiger partial charge in [-0.1, -0.05) is 18.2 Å². The molecule has 0 bridgehead atoms. The number of anilines is 2. The lowest BCUT2D eigenvalue weighted by atomic mass is 10.2. The van der Waals surface area contributed by atoms with Gasteiger partial charge < -0.3 is 15.4 Å². The highest BCUT2D eigenvalue weighted by Gasteiger charge is 2.30. The topological polar surface area (TPSA) is 33.3 Å². The number of halogens is 3. The van der Waals surface area contributed by atoms with Gasteiger partial charge in [-0.3, -0.25) is 0 Å². The molecule has 23 heavy (non-hydrogen) atoms. The molecule has 2 N–H and O–H groups in total. The Morgan fingerprint density at radius 1 is 0.957 bits per heavy atom. The van der Waals surface area contributed by atoms with Gasteiger partial charge in [0, 0.05) is 18.8 Å². The molecule has 0 aliphatic heterocycles. The lowest BCUT2D eigenvalue weighted by molar-refractivity contribution is -0.137. The summed E-state index contributed by atoms with van der Waals surface area (Å²) in [5.74, 6) is 0.758. The van der Waals surface area contributed by atoms with Crippen molar-refractivity contribution in [2.45, 2.75) is 13.1 Å². The van der Waals surface area contributed by atoms with E-state index in [1.54, 1.807) is 6.07 Å². The second-order valence-corrected chi connectivity index (χ2v) is 4.86. The number of ether oxygens (including phenoxy) is 1. The molecule has 0 unspecified atom stereocenters. The van der Waals surface area contributed by atoms with Crippen molar-refractivity contribution < 1.29 is 17.9 Å². The van der Waals surface area contributed by atoms with E-state index in [0.717, 1.165) is 23.6 Å². The Kier molecular flexibility index (Phi) is 5.73. The standard InChI is InChI=1S/C17H19F3N2O/c1-2-23-16-9-4-3-8-15(16)22-11-10-21-14-7-5-6-13(12-14)17(18,19)20/h3-9,12,21-22H,2,10-11H2,1H3. The molecule has 0 saturated carbocycles. The average Bonchev–Trinajstić information content (AvgIpc) is 2.53. The first-order valence-electron chi connectivity index (χ1n) is 7.37. The number of nitrogens with one attached hydrogen (secondary N) is 2. The van der Waals surface area contributed by atoms with Gasteiger partial charge in [0.1, 0.15) is 5.75 Å². The summed E-state index contributed by atoms with van der Waals surface area (Å²) in [5.41, 5.74) is 0.650. The maximum Gasteiger partial charge on any atom is 0.416 e. The van der Waals surface area contributed by atoms with Crippen molar-refractivity contribution in [2.24, 2.45) is 0 Å². The van der Waals surface area contributed by atoms with E-state index < -0.39 is 11.7 Å². The van der Waals surface area contributed by atoms with Crippen LogP contribution >= 0.6 is 0 Å². The fourth-order valence-electron chi connectivity index (χ4n) is 2.10. The Hall–Kier alpha value is -2.37. The number of hydrogen-bond donors (Lipinski definition) is 2. The molecule has 0 fully saturated rings. The molecule has 0 amide bonds. The predicted molar refractivity (Wildman–Crippen MR) is 86.0 cm³/mol. The summed E-state index contributed by atoms with van der Waals surface area (Å²) < 4.78 is 43.4. The van der Waals surface area contributed by atoms with Gasteiger partial charge in [0.25, 0.3) is 0 Å². The van der Waals surface area contributed by atoms with Crippen LogP contribution in [0.15, 0.2) is 48.5 Å². The van der Waals surface area contributed by atoms with E-state index in [-0.39, 0.29) is 0 Å². The normalized spacial score (nSPS) is 11.1. The second kappa shape index (κ2) is 7.76. The van der Waals surface area contributed by atoms with E-state index >= 15 is 0 Å². The summed E-state index contributed by atoms with van der Waals surface area (Å²) >= 11 is 0. The molecule has 124 valence electrons. The zero-order chi connectivity index (χ0) is 16.7. The smallest absolute Gasteiger partial charge is 0.416 e. The van der Waals surface area contributed by atoms with Crippen molar-refractivity contribution in [2.75, 3.05) is 30.3 Å². The summed E-state index contributed by atoms with van der Waals surface area (Å²) in [6.45, 7) is 3.52. The molecule has 0 aliphatic rings. The van der Waals surface area contributed by atoms with Crippen molar-refractivity contribution in [1.82, 2.24) is 0 Å². The van der Waals surface area contributed by atoms with Gasteiger partial charge in [0.15, 0.2) is 0 Å². The summed E-state index contributed by atoms with van der Waals surface area (Å²) in [7, 11) is 0. The molecule has 0 radical (unpaired) electrons. The van der Waals surface area contributed by atoms with Gasteiger partial charge in [0.2, 0.25) is 0 Å². The van der Waals surface area contributed by atoms with Crippen molar-refractivity contribution >= 4 is 11.4 Å². The quantitative estimate of drug-likeness (QED) is 0.729. The highest BCUT2D eigenvalue weighted by atomic mass is 19.4. The van der Waals surface area contributed by atoms with Crippen LogP contribution in [-0.4, -0.2) is 19.7 Å². The molecule has 0 heterocycles. The summed E-state index contributed by atoms with van der Waals surface area (Å²) in [5, 5.41) is 6.18. The van der Waals surface area contributed by atoms with Crippen molar-refractivity contribution in [3.8, 4) is 5.75 Å². The second-order valence-electron chi connectivity index (χ2n) is 4.86. The fraction of sp³-hybridized carbons (Fsp3) is 0.294. The van der Waals surface area contributed by atoms with Gasteiger partial charge >= 0.3 is 6.18 Å². The fourth-order valence-corrected chi connectivity index (χ4v) is 2.10. The average molecular weight is 324 g/mol. The zero-order valence-corrected chi connectivity index (χ0v) is 12.8. The number of hydrogen-bond acceptors (Lipinski definition) is 3. The first-order valence-corrected chi connectivity index (χ1v) is 7.37. The molecule has 2 rings (SSSR count). The molecule has 0 saturated heterocycles. The molecule has 0 atom stereocenters. The van der Waals surface area contributed by atoms with E-state index in [0.29, 0.717) is 25.4 Å². The molecule has 0 spiro atoms. The Bertz CT molecular complexity index is 629. The van der Waals surface area contributed by atoms with Crippen LogP contribution in [0.25, 0.3) is 0 Å². The van der Waals surface area contributed by atoms with Crippen LogP contribution in [0.4, 0.5) is 24.5 Å². The zero-order valence-electron chi connectivity index (χ0n) is 12.8. The minimum Gasteiger partial charge on any atom is -0.492 e. The van der Waals surface area contributed by atoms with Crippen LogP contribution < -0.4 is 15.4 Å². The molecule has 6 heteroatoms. The maximum absolute atomic E-state index is 12.6. The van der Waals surface area contributed by atoms with E-state index in [2.05, 4.69) is 10.6 Å². The van der Waals surface area contributed by atoms with E-state index in [9.17, 15) is 13.2 Å². The van der Waals surface area contributed by atoms with E-state index in [1.807, 2.05) is 31.2 Å². The first-order chi connectivity index (χ1) is 11.0. The van der Waals surface area contributed by atoms with Crippen LogP contribution in [0, 0.1) is 0 Å². The molecular formula is C17H19F3N2O. The lowest BCUT2D eigenvalue weighted by Gasteiger charge is -2.13. The summed E-state index contributed by atoms with van der Waals surface area (Å²) in [6.07, 6.45) is -4.33. The molecule has 0 aromatic heterocycles. The maximum atomic E-state index is 12.6. The molecule has 0 aliphatic carbocycles. The van der Waals surface area contributed by atoms with Crippen molar-refractivity contribution in [3.05, 3.63) is 54.1 Å². The Balaban J connectivity index is 1.86. The third kappa shape index (κ3) is 5.09. The number of rotatable bonds is 7. The van der Waals surface area contributed by atoms with Crippen LogP contribution in [0.5, 0.6) is 5.75 Å². The minimum absolute atomic E-state index is 0.444. The molecular weight excluding hydrogens is 305 g/mol. The van der Waals surface area contributed by atoms with Crippen molar-refractivity contribution in [3.63, 3.8) is 0 Å². The number of para-hydroxylation sites is 2. The number of benzene rings is 2. The minimum atomic E-state index is -4.33. The van der Waals surface area contributed by atoms with Gasteiger partial charge in [0.05, 0.1) is 17.9 Å². The van der Waals surface area contributed by atoms with Gasteiger partial charge in [-0.25, -0.2) is 0 Å². The predicted octanol–water partition coefficient (Wildman–Crippen LogP) is 4.63. The highest BCUT2D eigenvalue weighted by molar-refractivity contribution is 5.56. The lowest BCUT2D eigenvalue weighted by Crippen LogP contribution is -2.14. The van der Waals surface area contributed by atoms with Crippen molar-refractivity contribution in [1.29, 1.82) is 0 Å². The van der Waals surface area contributed by atoms with Crippen LogP contribution in [0.1, 0.15) is 12.5 Å². The van der Waals surface area contributed by atoms with Crippen LogP contribution in [0.3, 0.4) is 0 Å². The van der Waals surface area contributed by atoms with E-state index in [1.165, 1.54) is 6.07 Å². The SMILES string of the molecule is CCOc1ccccc1NCCNc1cccc(C(F)(F)F)c1. The van der Waals surface area contributed by atoms with E-state index in [4.69, 9.17) is 4.74 Å². The Labute approximate surface area is 133 Å². The molecule has 2 aromatic rings. The highest BCUT2D eigenvalue weighted by Crippen LogP contribution is 2.30. The summed E-state index contributed by atoms with van der Waals surface area (Å²) in [6, 6.07) is 12.7. The third-order valence-corrected chi connectivity index (χ3v) is 3.15.